The van der Waals surface area contributed by atoms with Crippen molar-refractivity contribution in [3.05, 3.63) is 16.6 Å². The number of fused-ring (bicyclic) bond motifs is 1. The summed E-state index contributed by atoms with van der Waals surface area (Å²) in [6.07, 6.45) is -4.46. The van der Waals surface area contributed by atoms with Gasteiger partial charge in [-0.15, -0.1) is 0 Å². The predicted molar refractivity (Wildman–Crippen MR) is 74.2 cm³/mol. The van der Waals surface area contributed by atoms with E-state index in [1.165, 1.54) is 0 Å². The molecule has 120 valence electrons. The number of rotatable bonds is 2. The van der Waals surface area contributed by atoms with Gasteiger partial charge in [-0.25, -0.2) is 4.98 Å². The van der Waals surface area contributed by atoms with Crippen LogP contribution in [0.15, 0.2) is 4.42 Å². The molecule has 1 aliphatic heterocycles. The van der Waals surface area contributed by atoms with Crippen molar-refractivity contribution in [2.75, 3.05) is 31.2 Å². The average molecular weight is 336 g/mol. The highest BCUT2D eigenvalue weighted by Gasteiger charge is 2.40. The maximum absolute atomic E-state index is 13.3. The summed E-state index contributed by atoms with van der Waals surface area (Å²) in [5.41, 5.74) is -1.13. The van der Waals surface area contributed by atoms with E-state index in [2.05, 4.69) is 9.97 Å². The number of alkyl halides is 3. The Labute approximate surface area is 129 Å². The molecule has 0 saturated carbocycles. The summed E-state index contributed by atoms with van der Waals surface area (Å²) in [5, 5.41) is -0.233. The lowest BCUT2D eigenvalue weighted by molar-refractivity contribution is -0.137. The van der Waals surface area contributed by atoms with Crippen molar-refractivity contribution < 1.29 is 22.3 Å². The first-order valence-corrected chi connectivity index (χ1v) is 7.18. The van der Waals surface area contributed by atoms with Gasteiger partial charge in [0.25, 0.3) is 0 Å². The van der Waals surface area contributed by atoms with Gasteiger partial charge < -0.3 is 14.1 Å². The van der Waals surface area contributed by atoms with Crippen LogP contribution >= 0.6 is 11.6 Å². The van der Waals surface area contributed by atoms with E-state index in [1.807, 2.05) is 0 Å². The molecule has 9 heteroatoms. The summed E-state index contributed by atoms with van der Waals surface area (Å²) >= 11 is 5.83. The highest BCUT2D eigenvalue weighted by atomic mass is 35.5. The van der Waals surface area contributed by atoms with Gasteiger partial charge in [-0.1, -0.05) is 6.92 Å². The molecule has 3 heterocycles. The van der Waals surface area contributed by atoms with E-state index in [4.69, 9.17) is 20.8 Å². The molecule has 0 bridgehead atoms. The Balaban J connectivity index is 2.24. The molecule has 0 radical (unpaired) electrons. The molecule has 0 aromatic carbocycles. The number of morpholine rings is 1. The second kappa shape index (κ2) is 5.58. The molecule has 2 aromatic heterocycles. The van der Waals surface area contributed by atoms with Gasteiger partial charge in [-0.2, -0.15) is 18.2 Å². The summed E-state index contributed by atoms with van der Waals surface area (Å²) < 4.78 is 50.6. The second-order valence-corrected chi connectivity index (χ2v) is 5.18. The van der Waals surface area contributed by atoms with Crippen molar-refractivity contribution in [3.63, 3.8) is 0 Å². The fourth-order valence-corrected chi connectivity index (χ4v) is 2.68. The normalized spacial score (nSPS) is 16.5. The summed E-state index contributed by atoms with van der Waals surface area (Å²) in [6, 6.07) is 0. The van der Waals surface area contributed by atoms with Crippen LogP contribution in [0.2, 0.25) is 5.28 Å². The Morgan fingerprint density at radius 1 is 1.23 bits per heavy atom. The zero-order chi connectivity index (χ0) is 15.9. The third-order valence-corrected chi connectivity index (χ3v) is 3.65. The zero-order valence-electron chi connectivity index (χ0n) is 11.7. The van der Waals surface area contributed by atoms with E-state index in [-0.39, 0.29) is 34.4 Å². The fraction of sp³-hybridized carbons (Fsp3) is 0.538. The first-order chi connectivity index (χ1) is 10.4. The molecule has 1 saturated heterocycles. The number of anilines is 1. The van der Waals surface area contributed by atoms with Gasteiger partial charge in [-0.3, -0.25) is 0 Å². The van der Waals surface area contributed by atoms with Crippen molar-refractivity contribution in [2.24, 2.45) is 0 Å². The summed E-state index contributed by atoms with van der Waals surface area (Å²) in [7, 11) is 0. The highest BCUT2D eigenvalue weighted by molar-refractivity contribution is 6.28. The minimum absolute atomic E-state index is 0.0236. The number of halogens is 4. The molecule has 2 aromatic rings. The molecule has 0 atom stereocenters. The van der Waals surface area contributed by atoms with E-state index in [9.17, 15) is 13.2 Å². The van der Waals surface area contributed by atoms with E-state index in [0.29, 0.717) is 26.3 Å². The third-order valence-electron chi connectivity index (χ3n) is 3.48. The molecule has 0 amide bonds. The molecule has 1 fully saturated rings. The van der Waals surface area contributed by atoms with Gasteiger partial charge in [-0.05, 0) is 11.6 Å². The fourth-order valence-electron chi connectivity index (χ4n) is 2.51. The van der Waals surface area contributed by atoms with Crippen LogP contribution < -0.4 is 4.90 Å². The third kappa shape index (κ3) is 2.61. The molecule has 3 rings (SSSR count). The lowest BCUT2D eigenvalue weighted by atomic mass is 10.2. The van der Waals surface area contributed by atoms with Crippen LogP contribution in [0.1, 0.15) is 18.2 Å². The minimum Gasteiger partial charge on any atom is -0.455 e. The molecule has 1 aliphatic rings. The predicted octanol–water partition coefficient (Wildman–Crippen LogP) is 3.29. The van der Waals surface area contributed by atoms with Gasteiger partial charge in [0.2, 0.25) is 5.28 Å². The van der Waals surface area contributed by atoms with Crippen LogP contribution in [0, 0.1) is 0 Å². The van der Waals surface area contributed by atoms with Crippen molar-refractivity contribution in [1.29, 1.82) is 0 Å². The molecule has 22 heavy (non-hydrogen) atoms. The Bertz CT molecular complexity index is 696. The molecular formula is C13H13ClF3N3O2. The summed E-state index contributed by atoms with van der Waals surface area (Å²) in [5.74, 6) is 0.122. The summed E-state index contributed by atoms with van der Waals surface area (Å²) in [6.45, 7) is 3.54. The number of nitrogens with zero attached hydrogens (tertiary/aromatic N) is 3. The Morgan fingerprint density at radius 2 is 1.91 bits per heavy atom. The number of aromatic nitrogens is 2. The van der Waals surface area contributed by atoms with E-state index >= 15 is 0 Å². The SMILES string of the molecule is CCc1oc2c(N3CCOCC3)nc(Cl)nc2c1C(F)(F)F. The Morgan fingerprint density at radius 3 is 2.50 bits per heavy atom. The quantitative estimate of drug-likeness (QED) is 0.788. The van der Waals surface area contributed by atoms with Crippen molar-refractivity contribution in [1.82, 2.24) is 9.97 Å². The Hall–Kier alpha value is -1.54. The van der Waals surface area contributed by atoms with Crippen molar-refractivity contribution in [2.45, 2.75) is 19.5 Å². The largest absolute Gasteiger partial charge is 0.455 e. The zero-order valence-corrected chi connectivity index (χ0v) is 12.5. The minimum atomic E-state index is -4.56. The van der Waals surface area contributed by atoms with Gasteiger partial charge in [0.1, 0.15) is 16.8 Å². The maximum Gasteiger partial charge on any atom is 0.421 e. The van der Waals surface area contributed by atoms with Crippen LogP contribution in [0.4, 0.5) is 19.0 Å². The molecular weight excluding hydrogens is 323 g/mol. The van der Waals surface area contributed by atoms with Crippen LogP contribution in [-0.4, -0.2) is 36.3 Å². The number of ether oxygens (including phenoxy) is 1. The monoisotopic (exact) mass is 335 g/mol. The first kappa shape index (κ1) is 15.4. The molecule has 0 aliphatic carbocycles. The van der Waals surface area contributed by atoms with E-state index in [0.717, 1.165) is 0 Å². The first-order valence-electron chi connectivity index (χ1n) is 6.80. The van der Waals surface area contributed by atoms with Gasteiger partial charge in [0.05, 0.1) is 13.2 Å². The molecule has 5 nitrogen and oxygen atoms in total. The second-order valence-electron chi connectivity index (χ2n) is 4.84. The van der Waals surface area contributed by atoms with Crippen LogP contribution in [0.25, 0.3) is 11.1 Å². The maximum atomic E-state index is 13.3. The lowest BCUT2D eigenvalue weighted by Crippen LogP contribution is -2.36. The topological polar surface area (TPSA) is 51.4 Å². The summed E-state index contributed by atoms with van der Waals surface area (Å²) in [4.78, 5) is 9.60. The van der Waals surface area contributed by atoms with Gasteiger partial charge >= 0.3 is 6.18 Å². The average Bonchev–Trinajstić information content (AvgIpc) is 2.85. The van der Waals surface area contributed by atoms with Gasteiger partial charge in [0, 0.05) is 19.5 Å². The smallest absolute Gasteiger partial charge is 0.421 e. The molecule has 0 N–H and O–H groups in total. The Kier molecular flexibility index (Phi) is 3.90. The standard InChI is InChI=1S/C13H13ClF3N3O2/c1-2-7-8(13(15,16)17)9-10(22-7)11(19-12(14)18-9)20-3-5-21-6-4-20/h2-6H2,1H3. The van der Waals surface area contributed by atoms with Crippen LogP contribution in [-0.2, 0) is 17.3 Å². The number of furan rings is 1. The van der Waals surface area contributed by atoms with Gasteiger partial charge in [0.15, 0.2) is 11.4 Å². The highest BCUT2D eigenvalue weighted by Crippen LogP contribution is 2.41. The van der Waals surface area contributed by atoms with E-state index < -0.39 is 11.7 Å². The molecule has 0 spiro atoms. The van der Waals surface area contributed by atoms with Crippen LogP contribution in [0.5, 0.6) is 0 Å². The van der Waals surface area contributed by atoms with E-state index in [1.54, 1.807) is 11.8 Å². The van der Waals surface area contributed by atoms with Crippen LogP contribution in [0.3, 0.4) is 0 Å². The number of hydrogen-bond acceptors (Lipinski definition) is 5. The number of hydrogen-bond donors (Lipinski definition) is 0. The number of aryl methyl sites for hydroxylation is 1. The van der Waals surface area contributed by atoms with Crippen molar-refractivity contribution >= 4 is 28.5 Å². The molecule has 0 unspecified atom stereocenters. The lowest BCUT2D eigenvalue weighted by Gasteiger charge is -2.27. The van der Waals surface area contributed by atoms with Crippen molar-refractivity contribution in [3.8, 4) is 0 Å².